The predicted molar refractivity (Wildman–Crippen MR) is 102 cm³/mol. The summed E-state index contributed by atoms with van der Waals surface area (Å²) in [7, 11) is -3.66. The number of anilines is 1. The Morgan fingerprint density at radius 3 is 2.30 bits per heavy atom. The lowest BCUT2D eigenvalue weighted by molar-refractivity contribution is -0.117. The van der Waals surface area contributed by atoms with E-state index in [0.717, 1.165) is 0 Å². The van der Waals surface area contributed by atoms with E-state index in [-0.39, 0.29) is 41.3 Å². The van der Waals surface area contributed by atoms with E-state index in [1.807, 2.05) is 4.90 Å². The van der Waals surface area contributed by atoms with Crippen molar-refractivity contribution in [2.24, 2.45) is 0 Å². The summed E-state index contributed by atoms with van der Waals surface area (Å²) in [5.74, 6) is -0.604. The van der Waals surface area contributed by atoms with E-state index in [0.29, 0.717) is 18.8 Å². The Bertz CT molecular complexity index is 914. The summed E-state index contributed by atoms with van der Waals surface area (Å²) in [6.45, 7) is 1.55. The summed E-state index contributed by atoms with van der Waals surface area (Å²) >= 11 is 6.02. The third kappa shape index (κ3) is 4.84. The molecule has 1 saturated heterocycles. The third-order valence-electron chi connectivity index (χ3n) is 4.28. The number of rotatable bonds is 5. The van der Waals surface area contributed by atoms with Crippen LogP contribution in [-0.4, -0.2) is 56.3 Å². The zero-order chi connectivity index (χ0) is 19.4. The highest BCUT2D eigenvalue weighted by atomic mass is 35.5. The topological polar surface area (TPSA) is 69.7 Å². The van der Waals surface area contributed by atoms with Gasteiger partial charge in [-0.1, -0.05) is 23.7 Å². The molecule has 0 unspecified atom stereocenters. The van der Waals surface area contributed by atoms with Crippen LogP contribution in [0.25, 0.3) is 0 Å². The fourth-order valence-corrected chi connectivity index (χ4v) is 4.77. The van der Waals surface area contributed by atoms with Crippen LogP contribution in [0.1, 0.15) is 0 Å². The molecule has 0 saturated carbocycles. The quantitative estimate of drug-likeness (QED) is 0.820. The Kier molecular flexibility index (Phi) is 6.11. The van der Waals surface area contributed by atoms with E-state index in [9.17, 15) is 17.6 Å². The summed E-state index contributed by atoms with van der Waals surface area (Å²) in [4.78, 5) is 14.1. The second-order valence-electron chi connectivity index (χ2n) is 6.17. The van der Waals surface area contributed by atoms with Gasteiger partial charge in [-0.05, 0) is 36.4 Å². The lowest BCUT2D eigenvalue weighted by atomic mass is 10.3. The van der Waals surface area contributed by atoms with E-state index in [1.165, 1.54) is 34.6 Å². The average Bonchev–Trinajstić information content (AvgIpc) is 2.64. The molecular formula is C18H19ClFN3O3S. The van der Waals surface area contributed by atoms with Crippen LogP contribution in [0.2, 0.25) is 5.02 Å². The normalized spacial score (nSPS) is 16.2. The largest absolute Gasteiger partial charge is 0.325 e. The maximum absolute atomic E-state index is 12.9. The number of amides is 1. The van der Waals surface area contributed by atoms with Crippen LogP contribution in [0.5, 0.6) is 0 Å². The SMILES string of the molecule is O=C(CN1CCN(S(=O)(=O)c2ccccc2Cl)CC1)Nc1ccc(F)cc1. The zero-order valence-electron chi connectivity index (χ0n) is 14.4. The van der Waals surface area contributed by atoms with Crippen molar-refractivity contribution in [2.75, 3.05) is 38.0 Å². The van der Waals surface area contributed by atoms with Gasteiger partial charge in [0.15, 0.2) is 0 Å². The van der Waals surface area contributed by atoms with Crippen LogP contribution in [0.3, 0.4) is 0 Å². The maximum Gasteiger partial charge on any atom is 0.244 e. The number of carbonyl (C=O) groups excluding carboxylic acids is 1. The minimum Gasteiger partial charge on any atom is -0.325 e. The highest BCUT2D eigenvalue weighted by molar-refractivity contribution is 7.89. The summed E-state index contributed by atoms with van der Waals surface area (Å²) in [6, 6.07) is 11.9. The first-order chi connectivity index (χ1) is 12.9. The first-order valence-electron chi connectivity index (χ1n) is 8.39. The number of carbonyl (C=O) groups is 1. The van der Waals surface area contributed by atoms with Gasteiger partial charge in [-0.25, -0.2) is 12.8 Å². The minimum atomic E-state index is -3.66. The smallest absolute Gasteiger partial charge is 0.244 e. The van der Waals surface area contributed by atoms with Crippen LogP contribution in [-0.2, 0) is 14.8 Å². The highest BCUT2D eigenvalue weighted by Gasteiger charge is 2.30. The van der Waals surface area contributed by atoms with Gasteiger partial charge in [0.25, 0.3) is 0 Å². The molecule has 0 radical (unpaired) electrons. The molecule has 27 heavy (non-hydrogen) atoms. The van der Waals surface area contributed by atoms with Crippen molar-refractivity contribution in [1.29, 1.82) is 0 Å². The number of hydrogen-bond donors (Lipinski definition) is 1. The minimum absolute atomic E-state index is 0.0918. The van der Waals surface area contributed by atoms with Crippen molar-refractivity contribution in [3.63, 3.8) is 0 Å². The van der Waals surface area contributed by atoms with Crippen LogP contribution < -0.4 is 5.32 Å². The summed E-state index contributed by atoms with van der Waals surface area (Å²) in [5, 5.41) is 2.89. The number of nitrogens with zero attached hydrogens (tertiary/aromatic N) is 2. The Morgan fingerprint density at radius 2 is 1.67 bits per heavy atom. The van der Waals surface area contributed by atoms with Crippen LogP contribution in [0.15, 0.2) is 53.4 Å². The highest BCUT2D eigenvalue weighted by Crippen LogP contribution is 2.25. The van der Waals surface area contributed by atoms with Gasteiger partial charge < -0.3 is 5.32 Å². The van der Waals surface area contributed by atoms with Gasteiger partial charge in [0.2, 0.25) is 15.9 Å². The summed E-state index contributed by atoms with van der Waals surface area (Å²) < 4.78 is 39.7. The molecule has 1 fully saturated rings. The van der Waals surface area contributed by atoms with Gasteiger partial charge >= 0.3 is 0 Å². The standard InChI is InChI=1S/C18H19ClFN3O3S/c19-16-3-1-2-4-17(16)27(25,26)23-11-9-22(10-12-23)13-18(24)21-15-7-5-14(20)6-8-15/h1-8H,9-13H2,(H,21,24). The molecule has 1 aliphatic heterocycles. The first kappa shape index (κ1) is 19.8. The fourth-order valence-electron chi connectivity index (χ4n) is 2.86. The van der Waals surface area contributed by atoms with Gasteiger partial charge in [-0.2, -0.15) is 4.31 Å². The molecule has 1 N–H and O–H groups in total. The predicted octanol–water partition coefficient (Wildman–Crippen LogP) is 2.42. The molecule has 0 aliphatic carbocycles. The van der Waals surface area contributed by atoms with Crippen molar-refractivity contribution in [2.45, 2.75) is 4.90 Å². The molecule has 1 heterocycles. The first-order valence-corrected chi connectivity index (χ1v) is 10.2. The molecule has 9 heteroatoms. The molecule has 0 aromatic heterocycles. The number of hydrogen-bond acceptors (Lipinski definition) is 4. The maximum atomic E-state index is 12.9. The van der Waals surface area contributed by atoms with Gasteiger partial charge in [-0.3, -0.25) is 9.69 Å². The molecule has 2 aromatic rings. The number of sulfonamides is 1. The number of nitrogens with one attached hydrogen (secondary N) is 1. The van der Waals surface area contributed by atoms with Crippen molar-refractivity contribution >= 4 is 33.2 Å². The zero-order valence-corrected chi connectivity index (χ0v) is 16.0. The van der Waals surface area contributed by atoms with Gasteiger partial charge in [0.05, 0.1) is 11.6 Å². The molecule has 3 rings (SSSR count). The molecule has 0 atom stereocenters. The average molecular weight is 412 g/mol. The van der Waals surface area contributed by atoms with Crippen molar-refractivity contribution < 1.29 is 17.6 Å². The van der Waals surface area contributed by atoms with Crippen LogP contribution >= 0.6 is 11.6 Å². The van der Waals surface area contributed by atoms with Crippen molar-refractivity contribution in [1.82, 2.24) is 9.21 Å². The van der Waals surface area contributed by atoms with Gasteiger partial charge in [-0.15, -0.1) is 0 Å². The van der Waals surface area contributed by atoms with E-state index in [2.05, 4.69) is 5.32 Å². The Labute approximate surface area is 162 Å². The monoisotopic (exact) mass is 411 g/mol. The van der Waals surface area contributed by atoms with Crippen molar-refractivity contribution in [3.05, 3.63) is 59.4 Å². The molecule has 1 amide bonds. The lowest BCUT2D eigenvalue weighted by Gasteiger charge is -2.33. The molecular weight excluding hydrogens is 393 g/mol. The Hall–Kier alpha value is -2.00. The molecule has 0 bridgehead atoms. The second kappa shape index (κ2) is 8.35. The number of piperazine rings is 1. The molecule has 144 valence electrons. The van der Waals surface area contributed by atoms with Gasteiger partial charge in [0.1, 0.15) is 10.7 Å². The number of halogens is 2. The van der Waals surface area contributed by atoms with Crippen LogP contribution in [0, 0.1) is 5.82 Å². The summed E-state index contributed by atoms with van der Waals surface area (Å²) in [6.07, 6.45) is 0. The molecule has 2 aromatic carbocycles. The Balaban J connectivity index is 1.55. The lowest BCUT2D eigenvalue weighted by Crippen LogP contribution is -2.50. The molecule has 6 nitrogen and oxygen atoms in total. The second-order valence-corrected chi connectivity index (χ2v) is 8.48. The van der Waals surface area contributed by atoms with Crippen molar-refractivity contribution in [3.8, 4) is 0 Å². The van der Waals surface area contributed by atoms with Gasteiger partial charge in [0, 0.05) is 31.9 Å². The van der Waals surface area contributed by atoms with E-state index in [1.54, 1.807) is 18.2 Å². The fraction of sp³-hybridized carbons (Fsp3) is 0.278. The Morgan fingerprint density at radius 1 is 1.04 bits per heavy atom. The third-order valence-corrected chi connectivity index (χ3v) is 6.68. The van der Waals surface area contributed by atoms with Crippen LogP contribution in [0.4, 0.5) is 10.1 Å². The number of benzene rings is 2. The molecule has 0 spiro atoms. The van der Waals surface area contributed by atoms with E-state index in [4.69, 9.17) is 11.6 Å². The molecule has 1 aliphatic rings. The van der Waals surface area contributed by atoms with E-state index < -0.39 is 10.0 Å². The summed E-state index contributed by atoms with van der Waals surface area (Å²) in [5.41, 5.74) is 0.515. The van der Waals surface area contributed by atoms with E-state index >= 15 is 0 Å².